The Morgan fingerprint density at radius 2 is 1.44 bits per heavy atom. The van der Waals surface area contributed by atoms with Crippen LogP contribution in [-0.4, -0.2) is 31.0 Å². The summed E-state index contributed by atoms with van der Waals surface area (Å²) in [5, 5.41) is 0. The molecule has 7 nitrogen and oxygen atoms in total. The third kappa shape index (κ3) is 4.12. The van der Waals surface area contributed by atoms with Gasteiger partial charge in [0, 0.05) is 0 Å². The van der Waals surface area contributed by atoms with E-state index in [0.29, 0.717) is 16.9 Å². The molecule has 9 heteroatoms. The highest BCUT2D eigenvalue weighted by molar-refractivity contribution is 7.92. The third-order valence-corrected chi connectivity index (χ3v) is 6.48. The van der Waals surface area contributed by atoms with Gasteiger partial charge in [-0.15, -0.1) is 0 Å². The molecular weight excluding hydrogens is 364 g/mol. The Morgan fingerprint density at radius 1 is 0.840 bits per heavy atom. The van der Waals surface area contributed by atoms with Crippen LogP contribution in [0, 0.1) is 13.8 Å². The lowest BCUT2D eigenvalue weighted by Crippen LogP contribution is -2.19. The molecule has 136 valence electrons. The molecule has 0 atom stereocenters. The van der Waals surface area contributed by atoms with E-state index in [1.807, 2.05) is 0 Å². The molecule has 0 unspecified atom stereocenters. The Labute approximate surface area is 148 Å². The molecule has 0 saturated heterocycles. The number of aryl methyl sites for hydroxylation is 2. The van der Waals surface area contributed by atoms with Crippen molar-refractivity contribution in [1.29, 1.82) is 0 Å². The Bertz CT molecular complexity index is 999. The van der Waals surface area contributed by atoms with Crippen LogP contribution in [-0.2, 0) is 20.0 Å². The zero-order valence-electron chi connectivity index (χ0n) is 14.3. The molecule has 0 radical (unpaired) electrons. The first kappa shape index (κ1) is 19.2. The standard InChI is InChI=1S/C16H20N2O5S2/c1-11-5-6-14(24(19,20)17-3)10-15(11)18-25(21,22)13-7-8-16(23-4)12(2)9-13/h5-10,17-18H,1-4H3. The molecule has 0 fully saturated rings. The number of rotatable bonds is 6. The van der Waals surface area contributed by atoms with Gasteiger partial charge in [0.1, 0.15) is 5.75 Å². The third-order valence-electron chi connectivity index (χ3n) is 3.71. The Kier molecular flexibility index (Phi) is 5.40. The molecule has 25 heavy (non-hydrogen) atoms. The van der Waals surface area contributed by atoms with Crippen LogP contribution in [0.15, 0.2) is 46.2 Å². The van der Waals surface area contributed by atoms with E-state index in [4.69, 9.17) is 4.74 Å². The van der Waals surface area contributed by atoms with E-state index >= 15 is 0 Å². The van der Waals surface area contributed by atoms with Crippen molar-refractivity contribution in [2.45, 2.75) is 23.6 Å². The van der Waals surface area contributed by atoms with Crippen LogP contribution in [0.3, 0.4) is 0 Å². The number of hydrogen-bond donors (Lipinski definition) is 2. The summed E-state index contributed by atoms with van der Waals surface area (Å²) in [6, 6.07) is 8.73. The second-order valence-corrected chi connectivity index (χ2v) is 8.99. The number of nitrogens with one attached hydrogen (secondary N) is 2. The molecule has 2 aromatic carbocycles. The fourth-order valence-electron chi connectivity index (χ4n) is 2.22. The maximum atomic E-state index is 12.6. The van der Waals surface area contributed by atoms with Gasteiger partial charge in [-0.25, -0.2) is 21.6 Å². The number of benzene rings is 2. The molecule has 2 aromatic rings. The number of hydrogen-bond acceptors (Lipinski definition) is 5. The predicted octanol–water partition coefficient (Wildman–Crippen LogP) is 2.02. The van der Waals surface area contributed by atoms with Crippen molar-refractivity contribution in [2.24, 2.45) is 0 Å². The van der Waals surface area contributed by atoms with Crippen molar-refractivity contribution in [3.05, 3.63) is 47.5 Å². The highest BCUT2D eigenvalue weighted by atomic mass is 32.2. The van der Waals surface area contributed by atoms with E-state index in [2.05, 4.69) is 9.44 Å². The Hall–Kier alpha value is -2.10. The molecular formula is C16H20N2O5S2. The van der Waals surface area contributed by atoms with Gasteiger partial charge < -0.3 is 4.74 Å². The highest BCUT2D eigenvalue weighted by Crippen LogP contribution is 2.26. The lowest BCUT2D eigenvalue weighted by atomic mass is 10.2. The fourth-order valence-corrected chi connectivity index (χ4v) is 4.18. The predicted molar refractivity (Wildman–Crippen MR) is 96.0 cm³/mol. The minimum atomic E-state index is -3.87. The molecule has 0 bridgehead atoms. The first-order valence-corrected chi connectivity index (χ1v) is 10.3. The molecule has 0 aliphatic rings. The molecule has 0 saturated carbocycles. The van der Waals surface area contributed by atoms with Crippen molar-refractivity contribution in [3.8, 4) is 5.75 Å². The molecule has 0 spiro atoms. The minimum Gasteiger partial charge on any atom is -0.496 e. The summed E-state index contributed by atoms with van der Waals surface area (Å²) in [6.45, 7) is 3.43. The van der Waals surface area contributed by atoms with E-state index in [1.54, 1.807) is 26.0 Å². The van der Waals surface area contributed by atoms with Gasteiger partial charge in [-0.05, 0) is 62.4 Å². The molecule has 0 heterocycles. The van der Waals surface area contributed by atoms with Crippen LogP contribution in [0.5, 0.6) is 5.75 Å². The number of sulfonamides is 2. The highest BCUT2D eigenvalue weighted by Gasteiger charge is 2.19. The summed E-state index contributed by atoms with van der Waals surface area (Å²) >= 11 is 0. The lowest BCUT2D eigenvalue weighted by Gasteiger charge is -2.13. The molecule has 0 aliphatic heterocycles. The van der Waals surface area contributed by atoms with Crippen LogP contribution in [0.2, 0.25) is 0 Å². The summed E-state index contributed by atoms with van der Waals surface area (Å²) in [6.07, 6.45) is 0. The van der Waals surface area contributed by atoms with E-state index in [-0.39, 0.29) is 15.5 Å². The SMILES string of the molecule is CNS(=O)(=O)c1ccc(C)c(NS(=O)(=O)c2ccc(OC)c(C)c2)c1. The number of ether oxygens (including phenoxy) is 1. The van der Waals surface area contributed by atoms with Crippen molar-refractivity contribution >= 4 is 25.7 Å². The summed E-state index contributed by atoms with van der Waals surface area (Å²) < 4.78 is 58.8. The normalized spacial score (nSPS) is 12.0. The van der Waals surface area contributed by atoms with E-state index in [1.165, 1.54) is 38.4 Å². The van der Waals surface area contributed by atoms with Crippen molar-refractivity contribution in [2.75, 3.05) is 18.9 Å². The first-order chi connectivity index (χ1) is 11.6. The maximum absolute atomic E-state index is 12.6. The molecule has 0 aliphatic carbocycles. The van der Waals surface area contributed by atoms with E-state index in [9.17, 15) is 16.8 Å². The van der Waals surface area contributed by atoms with Gasteiger partial charge in [0.2, 0.25) is 10.0 Å². The second kappa shape index (κ2) is 7.03. The van der Waals surface area contributed by atoms with Gasteiger partial charge in [-0.3, -0.25) is 4.72 Å². The average Bonchev–Trinajstić information content (AvgIpc) is 2.56. The first-order valence-electron chi connectivity index (χ1n) is 7.32. The summed E-state index contributed by atoms with van der Waals surface area (Å²) in [5.41, 5.74) is 1.47. The maximum Gasteiger partial charge on any atom is 0.261 e. The van der Waals surface area contributed by atoms with E-state index in [0.717, 1.165) is 0 Å². The van der Waals surface area contributed by atoms with Crippen LogP contribution in [0.1, 0.15) is 11.1 Å². The number of methoxy groups -OCH3 is 1. The second-order valence-electron chi connectivity index (χ2n) is 5.42. The van der Waals surface area contributed by atoms with Crippen LogP contribution in [0.25, 0.3) is 0 Å². The van der Waals surface area contributed by atoms with Crippen LogP contribution >= 0.6 is 0 Å². The number of anilines is 1. The smallest absolute Gasteiger partial charge is 0.261 e. The van der Waals surface area contributed by atoms with Gasteiger partial charge in [-0.2, -0.15) is 0 Å². The zero-order chi connectivity index (χ0) is 18.8. The molecule has 2 rings (SSSR count). The van der Waals surface area contributed by atoms with Gasteiger partial charge in [0.05, 0.1) is 22.6 Å². The Balaban J connectivity index is 2.44. The lowest BCUT2D eigenvalue weighted by molar-refractivity contribution is 0.411. The van der Waals surface area contributed by atoms with Gasteiger partial charge in [-0.1, -0.05) is 6.07 Å². The summed E-state index contributed by atoms with van der Waals surface area (Å²) in [5.74, 6) is 0.581. The van der Waals surface area contributed by atoms with Gasteiger partial charge in [0.15, 0.2) is 0 Å². The van der Waals surface area contributed by atoms with Gasteiger partial charge in [0.25, 0.3) is 10.0 Å². The minimum absolute atomic E-state index is 0.0239. The van der Waals surface area contributed by atoms with Gasteiger partial charge >= 0.3 is 0 Å². The average molecular weight is 384 g/mol. The monoisotopic (exact) mass is 384 g/mol. The molecule has 2 N–H and O–H groups in total. The van der Waals surface area contributed by atoms with E-state index < -0.39 is 20.0 Å². The topological polar surface area (TPSA) is 102 Å². The van der Waals surface area contributed by atoms with Crippen molar-refractivity contribution in [3.63, 3.8) is 0 Å². The van der Waals surface area contributed by atoms with Crippen molar-refractivity contribution in [1.82, 2.24) is 4.72 Å². The Morgan fingerprint density at radius 3 is 2.00 bits per heavy atom. The summed E-state index contributed by atoms with van der Waals surface area (Å²) in [4.78, 5) is 0.0382. The zero-order valence-corrected chi connectivity index (χ0v) is 16.0. The summed E-state index contributed by atoms with van der Waals surface area (Å²) in [7, 11) is -4.75. The largest absolute Gasteiger partial charge is 0.496 e. The molecule has 0 amide bonds. The quantitative estimate of drug-likeness (QED) is 0.793. The van der Waals surface area contributed by atoms with Crippen LogP contribution in [0.4, 0.5) is 5.69 Å². The fraction of sp³-hybridized carbons (Fsp3) is 0.250. The van der Waals surface area contributed by atoms with Crippen molar-refractivity contribution < 1.29 is 21.6 Å². The van der Waals surface area contributed by atoms with Crippen LogP contribution < -0.4 is 14.2 Å². The molecule has 0 aromatic heterocycles.